The Morgan fingerprint density at radius 3 is 2.17 bits per heavy atom. The second-order valence-electron chi connectivity index (χ2n) is 4.41. The number of rotatable bonds is 2. The van der Waals surface area contributed by atoms with E-state index >= 15 is 0 Å². The fourth-order valence-electron chi connectivity index (χ4n) is 1.82. The van der Waals surface area contributed by atoms with Gasteiger partial charge in [-0.2, -0.15) is 0 Å². The van der Waals surface area contributed by atoms with E-state index in [9.17, 15) is 4.79 Å². The van der Waals surface area contributed by atoms with Crippen LogP contribution in [0.15, 0.2) is 11.6 Å². The van der Waals surface area contributed by atoms with E-state index in [0.29, 0.717) is 0 Å². The van der Waals surface area contributed by atoms with Crippen LogP contribution >= 0.6 is 0 Å². The first-order valence-electron chi connectivity index (χ1n) is 4.25. The highest BCUT2D eigenvalue weighted by Crippen LogP contribution is 2.59. The van der Waals surface area contributed by atoms with Crippen LogP contribution in [0.25, 0.3) is 0 Å². The molecule has 2 nitrogen and oxygen atoms in total. The van der Waals surface area contributed by atoms with Gasteiger partial charge in [0, 0.05) is 0 Å². The van der Waals surface area contributed by atoms with Crippen LogP contribution in [0.4, 0.5) is 0 Å². The molecule has 0 heterocycles. The molecule has 2 heteroatoms. The van der Waals surface area contributed by atoms with Crippen molar-refractivity contribution in [3.63, 3.8) is 0 Å². The second kappa shape index (κ2) is 2.61. The number of hydrogen-bond donors (Lipinski definition) is 1. The molecule has 0 radical (unpaired) electrons. The molecule has 0 aromatic rings. The molecule has 0 aromatic heterocycles. The maximum atomic E-state index is 10.7. The monoisotopic (exact) mass is 168 g/mol. The maximum Gasteiger partial charge on any atom is 0.307 e. The van der Waals surface area contributed by atoms with Crippen molar-refractivity contribution in [2.75, 3.05) is 0 Å². The van der Waals surface area contributed by atoms with Crippen molar-refractivity contribution in [2.24, 2.45) is 17.3 Å². The minimum absolute atomic E-state index is 0.0386. The molecule has 12 heavy (non-hydrogen) atoms. The van der Waals surface area contributed by atoms with E-state index in [1.54, 1.807) is 0 Å². The lowest BCUT2D eigenvalue weighted by Crippen LogP contribution is -2.02. The molecule has 1 rings (SSSR count). The molecule has 1 aliphatic rings. The third kappa shape index (κ3) is 1.38. The molecular weight excluding hydrogens is 152 g/mol. The number of carboxylic acids is 1. The third-order valence-corrected chi connectivity index (χ3v) is 2.69. The lowest BCUT2D eigenvalue weighted by Gasteiger charge is -1.96. The van der Waals surface area contributed by atoms with Gasteiger partial charge in [0.25, 0.3) is 0 Å². The second-order valence-corrected chi connectivity index (χ2v) is 4.41. The molecule has 0 unspecified atom stereocenters. The molecule has 1 saturated carbocycles. The minimum atomic E-state index is -0.664. The minimum Gasteiger partial charge on any atom is -0.481 e. The highest BCUT2D eigenvalue weighted by Gasteiger charge is 2.60. The van der Waals surface area contributed by atoms with Gasteiger partial charge in [0.15, 0.2) is 0 Å². The quantitative estimate of drug-likeness (QED) is 0.642. The summed E-state index contributed by atoms with van der Waals surface area (Å²) in [6.45, 7) is 8.03. The van der Waals surface area contributed by atoms with Crippen LogP contribution in [0.3, 0.4) is 0 Å². The summed E-state index contributed by atoms with van der Waals surface area (Å²) >= 11 is 0. The molecule has 1 fully saturated rings. The van der Waals surface area contributed by atoms with Crippen LogP contribution in [0.5, 0.6) is 0 Å². The van der Waals surface area contributed by atoms with Crippen molar-refractivity contribution in [1.29, 1.82) is 0 Å². The van der Waals surface area contributed by atoms with Gasteiger partial charge in [-0.05, 0) is 25.2 Å². The van der Waals surface area contributed by atoms with Crippen LogP contribution in [0.1, 0.15) is 27.7 Å². The van der Waals surface area contributed by atoms with Crippen molar-refractivity contribution in [1.82, 2.24) is 0 Å². The van der Waals surface area contributed by atoms with Gasteiger partial charge < -0.3 is 5.11 Å². The molecule has 0 spiro atoms. The van der Waals surface area contributed by atoms with Gasteiger partial charge in [-0.3, -0.25) is 4.79 Å². The highest BCUT2D eigenvalue weighted by atomic mass is 16.4. The topological polar surface area (TPSA) is 37.3 Å². The number of carboxylic acid groups (broad SMARTS) is 1. The lowest BCUT2D eigenvalue weighted by molar-refractivity contribution is -0.139. The normalized spacial score (nSPS) is 31.0. The van der Waals surface area contributed by atoms with E-state index in [2.05, 4.69) is 6.08 Å². The Balaban J connectivity index is 2.73. The summed E-state index contributed by atoms with van der Waals surface area (Å²) in [6.07, 6.45) is 2.07. The Morgan fingerprint density at radius 1 is 1.42 bits per heavy atom. The number of hydrogen-bond acceptors (Lipinski definition) is 1. The van der Waals surface area contributed by atoms with E-state index < -0.39 is 5.97 Å². The summed E-state index contributed by atoms with van der Waals surface area (Å²) in [5, 5.41) is 8.84. The summed E-state index contributed by atoms with van der Waals surface area (Å²) in [7, 11) is 0. The summed E-state index contributed by atoms with van der Waals surface area (Å²) in [5.41, 5.74) is 1.17. The van der Waals surface area contributed by atoms with E-state index in [4.69, 9.17) is 5.11 Å². The Morgan fingerprint density at radius 2 is 1.92 bits per heavy atom. The Labute approximate surface area is 73.3 Å². The van der Waals surface area contributed by atoms with Gasteiger partial charge in [-0.15, -0.1) is 0 Å². The molecule has 0 aromatic carbocycles. The van der Waals surface area contributed by atoms with Gasteiger partial charge >= 0.3 is 5.97 Å². The molecular formula is C10H16O2. The fourth-order valence-corrected chi connectivity index (χ4v) is 1.82. The van der Waals surface area contributed by atoms with Crippen molar-refractivity contribution < 1.29 is 9.90 Å². The van der Waals surface area contributed by atoms with Crippen LogP contribution < -0.4 is 0 Å². The van der Waals surface area contributed by atoms with Gasteiger partial charge in [0.2, 0.25) is 0 Å². The molecule has 1 N–H and O–H groups in total. The molecule has 0 bridgehead atoms. The summed E-state index contributed by atoms with van der Waals surface area (Å²) < 4.78 is 0. The molecule has 0 aliphatic heterocycles. The van der Waals surface area contributed by atoms with Crippen molar-refractivity contribution >= 4 is 5.97 Å². The van der Waals surface area contributed by atoms with E-state index in [0.717, 1.165) is 0 Å². The SMILES string of the molecule is CC(C)=C[C@@H]1[C@H](C(=O)O)C1(C)C. The first-order valence-corrected chi connectivity index (χ1v) is 4.25. The number of carbonyl (C=O) groups is 1. The molecule has 0 saturated heterocycles. The maximum absolute atomic E-state index is 10.7. The van der Waals surface area contributed by atoms with Crippen molar-refractivity contribution in [2.45, 2.75) is 27.7 Å². The Bertz CT molecular complexity index is 234. The summed E-state index contributed by atoms with van der Waals surface area (Å²) in [4.78, 5) is 10.7. The zero-order valence-electron chi connectivity index (χ0n) is 8.09. The van der Waals surface area contributed by atoms with Gasteiger partial charge in [-0.1, -0.05) is 25.5 Å². The largest absolute Gasteiger partial charge is 0.481 e. The molecule has 2 atom stereocenters. The standard InChI is InChI=1S/C10H16O2/c1-6(2)5-7-8(9(11)12)10(7,3)4/h5,7-8H,1-4H3,(H,11,12)/t7-,8-/m1/s1. The molecule has 1 aliphatic carbocycles. The van der Waals surface area contributed by atoms with Crippen LogP contribution in [0.2, 0.25) is 0 Å². The average Bonchev–Trinajstić information content (AvgIpc) is 2.32. The average molecular weight is 168 g/mol. The van der Waals surface area contributed by atoms with Gasteiger partial charge in [-0.25, -0.2) is 0 Å². The van der Waals surface area contributed by atoms with Crippen LogP contribution in [-0.2, 0) is 4.79 Å². The highest BCUT2D eigenvalue weighted by molar-refractivity contribution is 5.76. The Hall–Kier alpha value is -0.790. The zero-order chi connectivity index (χ0) is 9.52. The Kier molecular flexibility index (Phi) is 2.02. The van der Waals surface area contributed by atoms with Crippen LogP contribution in [0, 0.1) is 17.3 Å². The fraction of sp³-hybridized carbons (Fsp3) is 0.700. The van der Waals surface area contributed by atoms with Gasteiger partial charge in [0.05, 0.1) is 5.92 Å². The smallest absolute Gasteiger partial charge is 0.307 e. The zero-order valence-corrected chi connectivity index (χ0v) is 8.09. The van der Waals surface area contributed by atoms with Crippen LogP contribution in [-0.4, -0.2) is 11.1 Å². The number of aliphatic carboxylic acids is 1. The number of allylic oxidation sites excluding steroid dienone is 2. The van der Waals surface area contributed by atoms with Crippen molar-refractivity contribution in [3.05, 3.63) is 11.6 Å². The van der Waals surface area contributed by atoms with Gasteiger partial charge in [0.1, 0.15) is 0 Å². The summed E-state index contributed by atoms with van der Waals surface area (Å²) in [6, 6.07) is 0. The lowest BCUT2D eigenvalue weighted by atomic mass is 10.1. The van der Waals surface area contributed by atoms with E-state index in [1.165, 1.54) is 5.57 Å². The molecule has 0 amide bonds. The first kappa shape index (κ1) is 9.30. The summed E-state index contributed by atoms with van der Waals surface area (Å²) in [5.74, 6) is -0.602. The third-order valence-electron chi connectivity index (χ3n) is 2.69. The molecule has 68 valence electrons. The van der Waals surface area contributed by atoms with E-state index in [1.807, 2.05) is 27.7 Å². The predicted octanol–water partition coefficient (Wildman–Crippen LogP) is 2.31. The van der Waals surface area contributed by atoms with E-state index in [-0.39, 0.29) is 17.3 Å². The van der Waals surface area contributed by atoms with Crippen molar-refractivity contribution in [3.8, 4) is 0 Å². The predicted molar refractivity (Wildman–Crippen MR) is 47.8 cm³/mol. The first-order chi connectivity index (χ1) is 5.37.